The van der Waals surface area contributed by atoms with E-state index in [9.17, 15) is 4.79 Å². The van der Waals surface area contributed by atoms with Gasteiger partial charge in [-0.3, -0.25) is 4.79 Å². The van der Waals surface area contributed by atoms with E-state index in [0.717, 1.165) is 49.1 Å². The second kappa shape index (κ2) is 8.90. The molecule has 0 aromatic heterocycles. The Morgan fingerprint density at radius 1 is 1.15 bits per heavy atom. The van der Waals surface area contributed by atoms with Crippen molar-refractivity contribution in [2.45, 2.75) is 44.6 Å². The van der Waals surface area contributed by atoms with Crippen LogP contribution in [0.2, 0.25) is 0 Å². The third kappa shape index (κ3) is 4.24. The second-order valence-corrected chi connectivity index (χ2v) is 7.23. The van der Waals surface area contributed by atoms with Crippen molar-refractivity contribution in [1.82, 2.24) is 4.90 Å². The van der Waals surface area contributed by atoms with Gasteiger partial charge in [0.15, 0.2) is 0 Å². The third-order valence-corrected chi connectivity index (χ3v) is 5.57. The predicted octanol–water partition coefficient (Wildman–Crippen LogP) is 5.11. The van der Waals surface area contributed by atoms with Gasteiger partial charge in [0.2, 0.25) is 5.91 Å². The molecule has 1 fully saturated rings. The molecular weight excluding hydrogens is 334 g/mol. The molecule has 0 N–H and O–H groups in total. The van der Waals surface area contributed by atoms with Crippen molar-refractivity contribution < 1.29 is 9.53 Å². The molecule has 0 saturated carbocycles. The van der Waals surface area contributed by atoms with Crippen molar-refractivity contribution in [3.05, 3.63) is 78.4 Å². The number of likely N-dealkylation sites (tertiary alicyclic amines) is 1. The summed E-state index contributed by atoms with van der Waals surface area (Å²) in [6, 6.07) is 18.2. The van der Waals surface area contributed by atoms with Gasteiger partial charge in [-0.05, 0) is 42.5 Å². The molecule has 1 saturated heterocycles. The minimum Gasteiger partial charge on any atom is -0.489 e. The summed E-state index contributed by atoms with van der Waals surface area (Å²) in [5.74, 6) is 1.04. The van der Waals surface area contributed by atoms with E-state index in [1.807, 2.05) is 41.3 Å². The van der Waals surface area contributed by atoms with Gasteiger partial charge in [0, 0.05) is 13.1 Å². The zero-order valence-electron chi connectivity index (χ0n) is 16.2. The van der Waals surface area contributed by atoms with Crippen LogP contribution in [0, 0.1) is 0 Å². The number of ether oxygens (including phenoxy) is 1. The molecule has 1 unspecified atom stereocenters. The smallest absolute Gasteiger partial charge is 0.233 e. The van der Waals surface area contributed by atoms with Crippen LogP contribution < -0.4 is 4.74 Å². The summed E-state index contributed by atoms with van der Waals surface area (Å²) in [6.07, 6.45) is 5.61. The SMILES string of the molecule is C=CCN1CCCCC(CC)(c2cccc(OCc3ccccc3)c2)C1=O. The van der Waals surface area contributed by atoms with E-state index >= 15 is 0 Å². The van der Waals surface area contributed by atoms with Crippen molar-refractivity contribution in [2.75, 3.05) is 13.1 Å². The molecule has 3 nitrogen and oxygen atoms in total. The first kappa shape index (κ1) is 19.2. The third-order valence-electron chi connectivity index (χ3n) is 5.57. The molecule has 1 atom stereocenters. The highest BCUT2D eigenvalue weighted by Gasteiger charge is 2.42. The Balaban J connectivity index is 1.85. The first-order chi connectivity index (χ1) is 13.2. The molecule has 1 heterocycles. The number of rotatable bonds is 7. The van der Waals surface area contributed by atoms with E-state index in [1.54, 1.807) is 0 Å². The summed E-state index contributed by atoms with van der Waals surface area (Å²) < 4.78 is 6.01. The van der Waals surface area contributed by atoms with Gasteiger partial charge in [-0.15, -0.1) is 6.58 Å². The van der Waals surface area contributed by atoms with E-state index in [4.69, 9.17) is 4.74 Å². The highest BCUT2D eigenvalue weighted by Crippen LogP contribution is 2.39. The molecule has 0 bridgehead atoms. The maximum atomic E-state index is 13.4. The summed E-state index contributed by atoms with van der Waals surface area (Å²) in [4.78, 5) is 15.4. The Labute approximate surface area is 162 Å². The number of benzene rings is 2. The van der Waals surface area contributed by atoms with Gasteiger partial charge < -0.3 is 9.64 Å². The molecule has 3 rings (SSSR count). The van der Waals surface area contributed by atoms with Crippen LogP contribution in [-0.4, -0.2) is 23.9 Å². The van der Waals surface area contributed by atoms with Crippen LogP contribution in [-0.2, 0) is 16.8 Å². The van der Waals surface area contributed by atoms with Crippen molar-refractivity contribution in [3.63, 3.8) is 0 Å². The highest BCUT2D eigenvalue weighted by atomic mass is 16.5. The van der Waals surface area contributed by atoms with Crippen LogP contribution in [0.1, 0.15) is 43.7 Å². The lowest BCUT2D eigenvalue weighted by Crippen LogP contribution is -2.45. The monoisotopic (exact) mass is 363 g/mol. The topological polar surface area (TPSA) is 29.5 Å². The zero-order valence-corrected chi connectivity index (χ0v) is 16.2. The number of hydrogen-bond donors (Lipinski definition) is 0. The van der Waals surface area contributed by atoms with Gasteiger partial charge in [-0.2, -0.15) is 0 Å². The molecule has 0 aliphatic carbocycles. The number of amides is 1. The highest BCUT2D eigenvalue weighted by molar-refractivity contribution is 5.88. The van der Waals surface area contributed by atoms with Gasteiger partial charge in [0.1, 0.15) is 12.4 Å². The minimum atomic E-state index is -0.467. The van der Waals surface area contributed by atoms with E-state index in [0.29, 0.717) is 13.2 Å². The lowest BCUT2D eigenvalue weighted by molar-refractivity contribution is -0.136. The standard InChI is InChI=1S/C24H29NO2/c1-3-16-25-17-9-8-15-24(4-2,23(25)26)21-13-10-14-22(18-21)27-19-20-11-6-5-7-12-20/h3,5-7,10-14,18H,1,4,8-9,15-17,19H2,2H3. The van der Waals surface area contributed by atoms with Crippen LogP contribution in [0.5, 0.6) is 5.75 Å². The largest absolute Gasteiger partial charge is 0.489 e. The summed E-state index contributed by atoms with van der Waals surface area (Å²) in [7, 11) is 0. The molecule has 142 valence electrons. The van der Waals surface area contributed by atoms with Gasteiger partial charge in [-0.25, -0.2) is 0 Å². The summed E-state index contributed by atoms with van der Waals surface area (Å²) >= 11 is 0. The number of nitrogens with zero attached hydrogens (tertiary/aromatic N) is 1. The van der Waals surface area contributed by atoms with E-state index in [1.165, 1.54) is 0 Å². The van der Waals surface area contributed by atoms with Crippen LogP contribution in [0.3, 0.4) is 0 Å². The lowest BCUT2D eigenvalue weighted by Gasteiger charge is -2.34. The summed E-state index contributed by atoms with van der Waals surface area (Å²) in [5, 5.41) is 0. The van der Waals surface area contributed by atoms with Crippen LogP contribution in [0.25, 0.3) is 0 Å². The molecule has 2 aromatic rings. The molecule has 27 heavy (non-hydrogen) atoms. The number of carbonyl (C=O) groups excluding carboxylic acids is 1. The molecule has 2 aromatic carbocycles. The molecule has 0 radical (unpaired) electrons. The van der Waals surface area contributed by atoms with Crippen molar-refractivity contribution in [2.24, 2.45) is 0 Å². The quantitative estimate of drug-likeness (QED) is 0.640. The number of hydrogen-bond acceptors (Lipinski definition) is 2. The summed E-state index contributed by atoms with van der Waals surface area (Å²) in [6.45, 7) is 7.90. The first-order valence-corrected chi connectivity index (χ1v) is 9.87. The Bertz CT molecular complexity index is 771. The van der Waals surface area contributed by atoms with Crippen LogP contribution in [0.4, 0.5) is 0 Å². The number of carbonyl (C=O) groups is 1. The summed E-state index contributed by atoms with van der Waals surface area (Å²) in [5.41, 5.74) is 1.73. The Morgan fingerprint density at radius 2 is 1.96 bits per heavy atom. The van der Waals surface area contributed by atoms with Gasteiger partial charge in [-0.1, -0.05) is 61.9 Å². The van der Waals surface area contributed by atoms with Gasteiger partial charge >= 0.3 is 0 Å². The second-order valence-electron chi connectivity index (χ2n) is 7.23. The average Bonchev–Trinajstić information content (AvgIpc) is 2.88. The Morgan fingerprint density at radius 3 is 2.70 bits per heavy atom. The maximum absolute atomic E-state index is 13.4. The molecule has 1 aliphatic rings. The fraction of sp³-hybridized carbons (Fsp3) is 0.375. The fourth-order valence-corrected chi connectivity index (χ4v) is 4.00. The average molecular weight is 364 g/mol. The maximum Gasteiger partial charge on any atom is 0.233 e. The van der Waals surface area contributed by atoms with E-state index in [-0.39, 0.29) is 5.91 Å². The molecule has 1 aliphatic heterocycles. The first-order valence-electron chi connectivity index (χ1n) is 9.87. The van der Waals surface area contributed by atoms with E-state index < -0.39 is 5.41 Å². The Hall–Kier alpha value is -2.55. The molecule has 1 amide bonds. The van der Waals surface area contributed by atoms with E-state index in [2.05, 4.69) is 37.8 Å². The van der Waals surface area contributed by atoms with Crippen LogP contribution >= 0.6 is 0 Å². The normalized spacial score (nSPS) is 20.2. The van der Waals surface area contributed by atoms with Crippen LogP contribution in [0.15, 0.2) is 67.3 Å². The minimum absolute atomic E-state index is 0.225. The van der Waals surface area contributed by atoms with Gasteiger partial charge in [0.05, 0.1) is 5.41 Å². The molecule has 3 heteroatoms. The molecular formula is C24H29NO2. The predicted molar refractivity (Wildman–Crippen MR) is 110 cm³/mol. The lowest BCUT2D eigenvalue weighted by atomic mass is 9.73. The molecule has 0 spiro atoms. The fourth-order valence-electron chi connectivity index (χ4n) is 4.00. The van der Waals surface area contributed by atoms with Crippen molar-refractivity contribution >= 4 is 5.91 Å². The Kier molecular flexibility index (Phi) is 6.33. The van der Waals surface area contributed by atoms with Crippen molar-refractivity contribution in [3.8, 4) is 5.75 Å². The van der Waals surface area contributed by atoms with Gasteiger partial charge in [0.25, 0.3) is 0 Å². The zero-order chi connectivity index (χ0) is 19.1. The van der Waals surface area contributed by atoms with Crippen molar-refractivity contribution in [1.29, 1.82) is 0 Å².